The molecule has 0 N–H and O–H groups in total. The van der Waals surface area contributed by atoms with Crippen LogP contribution in [-0.2, 0) is 23.8 Å². The van der Waals surface area contributed by atoms with Crippen LogP contribution in [0.3, 0.4) is 0 Å². The lowest BCUT2D eigenvalue weighted by atomic mass is 9.44. The molecule has 1 aliphatic heterocycles. The molecule has 202 valence electrons. The van der Waals surface area contributed by atoms with Crippen molar-refractivity contribution in [3.63, 3.8) is 0 Å². The highest BCUT2D eigenvalue weighted by atomic mass is 32.2. The molecule has 6 heteroatoms. The van der Waals surface area contributed by atoms with Crippen LogP contribution in [0, 0.1) is 47.3 Å². The topological polar surface area (TPSA) is 73.0 Å². The number of benzene rings is 1. The van der Waals surface area contributed by atoms with Gasteiger partial charge in [-0.1, -0.05) is 45.4 Å². The first-order valence-electron chi connectivity index (χ1n) is 14.4. The molecule has 9 atom stereocenters. The van der Waals surface area contributed by atoms with Crippen LogP contribution >= 0.6 is 0 Å². The first kappa shape index (κ1) is 25.8. The van der Waals surface area contributed by atoms with Gasteiger partial charge in [-0.3, -0.25) is 8.98 Å². The molecule has 37 heavy (non-hydrogen) atoms. The normalized spacial score (nSPS) is 43.2. The average Bonchev–Trinajstić information content (AvgIpc) is 3.51. The minimum absolute atomic E-state index is 0.0534. The fourth-order valence-electron chi connectivity index (χ4n) is 9.60. The van der Waals surface area contributed by atoms with E-state index in [-0.39, 0.29) is 45.7 Å². The summed E-state index contributed by atoms with van der Waals surface area (Å²) in [5.41, 5.74) is 2.30. The van der Waals surface area contributed by atoms with E-state index in [1.165, 1.54) is 12.0 Å². The number of carbonyl (C=O) groups is 1. The fraction of sp³-hybridized carbons (Fsp3) is 0.710. The lowest BCUT2D eigenvalue weighted by Crippen LogP contribution is -2.56. The first-order chi connectivity index (χ1) is 17.5. The number of fused-ring (bicyclic) bond motifs is 8. The van der Waals surface area contributed by atoms with E-state index in [9.17, 15) is 13.2 Å². The van der Waals surface area contributed by atoms with Crippen molar-refractivity contribution in [2.45, 2.75) is 96.2 Å². The Morgan fingerprint density at radius 3 is 2.51 bits per heavy atom. The van der Waals surface area contributed by atoms with Crippen LogP contribution in [0.25, 0.3) is 0 Å². The monoisotopic (exact) mass is 526 g/mol. The van der Waals surface area contributed by atoms with Crippen LogP contribution in [0.15, 0.2) is 40.8 Å². The lowest BCUT2D eigenvalue weighted by Gasteiger charge is -2.58. The highest BCUT2D eigenvalue weighted by Crippen LogP contribution is 2.74. The second-order valence-electron chi connectivity index (χ2n) is 13.3. The maximum Gasteiger partial charge on any atom is 0.296 e. The van der Waals surface area contributed by atoms with E-state index in [1.807, 2.05) is 25.1 Å². The Kier molecular flexibility index (Phi) is 5.92. The Hall–Kier alpha value is -1.50. The predicted molar refractivity (Wildman–Crippen MR) is 142 cm³/mol. The van der Waals surface area contributed by atoms with Crippen molar-refractivity contribution in [3.8, 4) is 0 Å². The summed E-state index contributed by atoms with van der Waals surface area (Å²) in [4.78, 5) is 12.7. The third-order valence-corrected chi connectivity index (χ3v) is 12.9. The van der Waals surface area contributed by atoms with Crippen molar-refractivity contribution in [1.82, 2.24) is 0 Å². The number of epoxide rings is 1. The lowest BCUT2D eigenvalue weighted by molar-refractivity contribution is -0.117. The van der Waals surface area contributed by atoms with Crippen LogP contribution in [-0.4, -0.2) is 32.5 Å². The zero-order valence-electron chi connectivity index (χ0n) is 23.0. The Bertz CT molecular complexity index is 1230. The molecule has 0 aromatic heterocycles. The molecule has 5 aliphatic rings. The summed E-state index contributed by atoms with van der Waals surface area (Å²) >= 11 is 0. The Labute approximate surface area is 222 Å². The smallest absolute Gasteiger partial charge is 0.296 e. The van der Waals surface area contributed by atoms with Gasteiger partial charge in [0.2, 0.25) is 0 Å². The fourth-order valence-corrected chi connectivity index (χ4v) is 10.6. The summed E-state index contributed by atoms with van der Waals surface area (Å²) in [6.45, 7) is 11.4. The van der Waals surface area contributed by atoms with E-state index in [1.54, 1.807) is 12.1 Å². The van der Waals surface area contributed by atoms with E-state index in [2.05, 4.69) is 27.7 Å². The number of rotatable bonds is 6. The summed E-state index contributed by atoms with van der Waals surface area (Å²) in [6, 6.07) is 6.88. The van der Waals surface area contributed by atoms with Gasteiger partial charge >= 0.3 is 0 Å². The van der Waals surface area contributed by atoms with E-state index >= 15 is 0 Å². The van der Waals surface area contributed by atoms with Crippen molar-refractivity contribution in [3.05, 3.63) is 41.5 Å². The molecule has 1 heterocycles. The SMILES string of the molecule is CC[C@]12OC1[C@H]1[C@@H]3CC[C@H]([C@H](C)COS(=O)(=O)c4ccc(C)cc4)[C@@]3(C)CC[C@@H]1[C@@]1(C)CCC(=O)C=C12. The molecule has 0 spiro atoms. The van der Waals surface area contributed by atoms with Crippen molar-refractivity contribution in [1.29, 1.82) is 0 Å². The van der Waals surface area contributed by atoms with Gasteiger partial charge < -0.3 is 4.74 Å². The second kappa shape index (κ2) is 8.50. The van der Waals surface area contributed by atoms with Crippen molar-refractivity contribution in [2.24, 2.45) is 40.4 Å². The van der Waals surface area contributed by atoms with Crippen LogP contribution in [0.2, 0.25) is 0 Å². The molecule has 3 saturated carbocycles. The Morgan fingerprint density at radius 1 is 1.08 bits per heavy atom. The summed E-state index contributed by atoms with van der Waals surface area (Å²) in [6.07, 6.45) is 9.32. The average molecular weight is 527 g/mol. The maximum atomic E-state index is 12.9. The second-order valence-corrected chi connectivity index (χ2v) is 14.9. The summed E-state index contributed by atoms with van der Waals surface area (Å²) in [5.74, 6) is 2.50. The third-order valence-electron chi connectivity index (χ3n) is 11.6. The molecule has 4 aliphatic carbocycles. The summed E-state index contributed by atoms with van der Waals surface area (Å²) in [7, 11) is -3.76. The number of hydrogen-bond acceptors (Lipinski definition) is 5. The van der Waals surface area contributed by atoms with E-state index in [0.717, 1.165) is 37.7 Å². The number of ketones is 1. The zero-order chi connectivity index (χ0) is 26.4. The standard InChI is InChI=1S/C31H42O5S/c1-6-31-26-17-21(32)13-15-30(26,5)25-14-16-29(4)23(11-12-24(29)27(25)28(31)36-31)20(3)18-35-37(33,34)22-9-7-19(2)8-10-22/h7-10,17,20,23-25,27-28H,6,11-16,18H2,1-5H3/t20-,23-,24+,25+,27+,28?,29-,30-,31-/m1/s1. The molecule has 5 nitrogen and oxygen atoms in total. The molecule has 1 aromatic rings. The van der Waals surface area contributed by atoms with Crippen LogP contribution in [0.4, 0.5) is 0 Å². The first-order valence-corrected chi connectivity index (χ1v) is 15.8. The van der Waals surface area contributed by atoms with Crippen molar-refractivity contribution < 1.29 is 22.1 Å². The molecule has 6 rings (SSSR count). The van der Waals surface area contributed by atoms with Gasteiger partial charge in [0.05, 0.1) is 17.6 Å². The highest BCUT2D eigenvalue weighted by Gasteiger charge is 2.75. The molecular weight excluding hydrogens is 484 g/mol. The number of carbonyl (C=O) groups excluding carboxylic acids is 1. The minimum Gasteiger partial charge on any atom is -0.361 e. The van der Waals surface area contributed by atoms with E-state index < -0.39 is 10.1 Å². The van der Waals surface area contributed by atoms with Gasteiger partial charge in [0.15, 0.2) is 5.78 Å². The van der Waals surface area contributed by atoms with E-state index in [0.29, 0.717) is 30.1 Å². The largest absolute Gasteiger partial charge is 0.361 e. The number of aryl methyl sites for hydroxylation is 1. The van der Waals surface area contributed by atoms with Gasteiger partial charge in [-0.25, -0.2) is 0 Å². The number of hydrogen-bond donors (Lipinski definition) is 0. The zero-order valence-corrected chi connectivity index (χ0v) is 23.8. The molecule has 1 unspecified atom stereocenters. The maximum absolute atomic E-state index is 12.9. The summed E-state index contributed by atoms with van der Waals surface area (Å²) in [5, 5.41) is 0. The van der Waals surface area contributed by atoms with Crippen LogP contribution < -0.4 is 0 Å². The molecule has 1 saturated heterocycles. The van der Waals surface area contributed by atoms with Gasteiger partial charge in [0, 0.05) is 6.42 Å². The molecule has 4 fully saturated rings. The number of ether oxygens (including phenoxy) is 1. The molecule has 1 aromatic carbocycles. The van der Waals surface area contributed by atoms with E-state index in [4.69, 9.17) is 8.92 Å². The third kappa shape index (κ3) is 3.68. The Morgan fingerprint density at radius 2 is 1.81 bits per heavy atom. The molecule has 0 bridgehead atoms. The minimum atomic E-state index is -3.76. The van der Waals surface area contributed by atoms with Crippen molar-refractivity contribution >= 4 is 15.9 Å². The molecular formula is C31H42O5S. The van der Waals surface area contributed by atoms with Gasteiger partial charge in [-0.2, -0.15) is 8.42 Å². The van der Waals surface area contributed by atoms with Crippen molar-refractivity contribution in [2.75, 3.05) is 6.61 Å². The van der Waals surface area contributed by atoms with Gasteiger partial charge in [-0.05, 0) is 110 Å². The van der Waals surface area contributed by atoms with Gasteiger partial charge in [-0.15, -0.1) is 0 Å². The molecule has 0 amide bonds. The Balaban J connectivity index is 1.22. The quantitative estimate of drug-likeness (QED) is 0.323. The van der Waals surface area contributed by atoms with Crippen LogP contribution in [0.5, 0.6) is 0 Å². The predicted octanol–water partition coefficient (Wildman–Crippen LogP) is 6.25. The van der Waals surface area contributed by atoms with Gasteiger partial charge in [0.1, 0.15) is 5.60 Å². The highest BCUT2D eigenvalue weighted by molar-refractivity contribution is 7.86. The molecule has 0 radical (unpaired) electrons. The summed E-state index contributed by atoms with van der Waals surface area (Å²) < 4.78 is 38.0. The van der Waals surface area contributed by atoms with Gasteiger partial charge in [0.25, 0.3) is 10.1 Å². The van der Waals surface area contributed by atoms with Crippen LogP contribution in [0.1, 0.15) is 78.2 Å².